The van der Waals surface area contributed by atoms with Gasteiger partial charge in [0.15, 0.2) is 0 Å². The van der Waals surface area contributed by atoms with Crippen molar-refractivity contribution in [2.45, 2.75) is 13.8 Å². The van der Waals surface area contributed by atoms with E-state index >= 15 is 0 Å². The van der Waals surface area contributed by atoms with Gasteiger partial charge in [0.2, 0.25) is 0 Å². The van der Waals surface area contributed by atoms with Crippen molar-refractivity contribution in [2.75, 3.05) is 6.54 Å². The first-order valence-corrected chi connectivity index (χ1v) is 5.17. The van der Waals surface area contributed by atoms with E-state index in [9.17, 15) is 0 Å². The van der Waals surface area contributed by atoms with Gasteiger partial charge in [0.05, 0.1) is 0 Å². The second-order valence-corrected chi connectivity index (χ2v) is 4.07. The van der Waals surface area contributed by atoms with E-state index in [-0.39, 0.29) is 0 Å². The standard InChI is InChI=1S/C12H16ClN/c1-9(2)11(8-14)6-10-4-3-5-12(13)7-10/h3-7,9H,8,14H2,1-2H3/b11-6+. The predicted molar refractivity (Wildman–Crippen MR) is 63.3 cm³/mol. The van der Waals surface area contributed by atoms with Crippen LogP contribution in [0.2, 0.25) is 5.02 Å². The lowest BCUT2D eigenvalue weighted by Gasteiger charge is -2.08. The molecule has 0 atom stereocenters. The molecule has 1 aromatic carbocycles. The molecular formula is C12H16ClN. The lowest BCUT2D eigenvalue weighted by molar-refractivity contribution is 0.753. The molecule has 0 aromatic heterocycles. The summed E-state index contributed by atoms with van der Waals surface area (Å²) in [6.45, 7) is 4.89. The summed E-state index contributed by atoms with van der Waals surface area (Å²) in [4.78, 5) is 0. The average molecular weight is 210 g/mol. The van der Waals surface area contributed by atoms with Crippen LogP contribution in [0.15, 0.2) is 29.8 Å². The van der Waals surface area contributed by atoms with Gasteiger partial charge >= 0.3 is 0 Å². The molecule has 2 N–H and O–H groups in total. The zero-order chi connectivity index (χ0) is 10.6. The monoisotopic (exact) mass is 209 g/mol. The van der Waals surface area contributed by atoms with Crippen molar-refractivity contribution in [1.29, 1.82) is 0 Å². The summed E-state index contributed by atoms with van der Waals surface area (Å²) in [5.74, 6) is 0.485. The van der Waals surface area contributed by atoms with Gasteiger partial charge < -0.3 is 5.73 Å². The van der Waals surface area contributed by atoms with E-state index in [1.54, 1.807) is 0 Å². The van der Waals surface area contributed by atoms with Crippen LogP contribution in [-0.2, 0) is 0 Å². The molecule has 2 heteroatoms. The number of hydrogen-bond donors (Lipinski definition) is 1. The number of rotatable bonds is 3. The van der Waals surface area contributed by atoms with Crippen molar-refractivity contribution >= 4 is 17.7 Å². The van der Waals surface area contributed by atoms with E-state index in [2.05, 4.69) is 19.9 Å². The molecule has 0 saturated heterocycles. The van der Waals surface area contributed by atoms with E-state index in [4.69, 9.17) is 17.3 Å². The number of hydrogen-bond acceptors (Lipinski definition) is 1. The van der Waals surface area contributed by atoms with E-state index in [1.165, 1.54) is 5.57 Å². The highest BCUT2D eigenvalue weighted by Gasteiger charge is 2.00. The van der Waals surface area contributed by atoms with Gasteiger partial charge in [0.25, 0.3) is 0 Å². The minimum absolute atomic E-state index is 0.485. The zero-order valence-electron chi connectivity index (χ0n) is 8.63. The topological polar surface area (TPSA) is 26.0 Å². The van der Waals surface area contributed by atoms with Crippen molar-refractivity contribution < 1.29 is 0 Å². The molecule has 0 spiro atoms. The maximum absolute atomic E-state index is 5.89. The summed E-state index contributed by atoms with van der Waals surface area (Å²) in [5.41, 5.74) is 8.02. The fourth-order valence-electron chi connectivity index (χ4n) is 1.27. The number of benzene rings is 1. The van der Waals surface area contributed by atoms with Gasteiger partial charge in [0.1, 0.15) is 0 Å². The molecule has 0 aliphatic carbocycles. The second-order valence-electron chi connectivity index (χ2n) is 3.63. The quantitative estimate of drug-likeness (QED) is 0.812. The predicted octanol–water partition coefficient (Wildman–Crippen LogP) is 3.34. The molecule has 76 valence electrons. The van der Waals surface area contributed by atoms with Gasteiger partial charge in [0, 0.05) is 11.6 Å². The smallest absolute Gasteiger partial charge is 0.0411 e. The fraction of sp³-hybridized carbons (Fsp3) is 0.333. The van der Waals surface area contributed by atoms with Crippen LogP contribution < -0.4 is 5.73 Å². The minimum Gasteiger partial charge on any atom is -0.327 e. The van der Waals surface area contributed by atoms with E-state index in [0.717, 1.165) is 10.6 Å². The zero-order valence-corrected chi connectivity index (χ0v) is 9.38. The Kier molecular flexibility index (Phi) is 4.18. The molecule has 14 heavy (non-hydrogen) atoms. The van der Waals surface area contributed by atoms with Crippen molar-refractivity contribution in [3.05, 3.63) is 40.4 Å². The maximum Gasteiger partial charge on any atom is 0.0411 e. The molecule has 0 aliphatic heterocycles. The lowest BCUT2D eigenvalue weighted by Crippen LogP contribution is -2.08. The molecular weight excluding hydrogens is 194 g/mol. The minimum atomic E-state index is 0.485. The van der Waals surface area contributed by atoms with Gasteiger partial charge in [-0.15, -0.1) is 0 Å². The first-order valence-electron chi connectivity index (χ1n) is 4.79. The van der Waals surface area contributed by atoms with Crippen molar-refractivity contribution in [2.24, 2.45) is 11.7 Å². The van der Waals surface area contributed by atoms with Crippen molar-refractivity contribution in [1.82, 2.24) is 0 Å². The van der Waals surface area contributed by atoms with E-state index in [0.29, 0.717) is 12.5 Å². The summed E-state index contributed by atoms with van der Waals surface area (Å²) >= 11 is 5.89. The SMILES string of the molecule is CC(C)/C(=C/c1cccc(Cl)c1)CN. The van der Waals surface area contributed by atoms with Crippen LogP contribution in [0.1, 0.15) is 19.4 Å². The van der Waals surface area contributed by atoms with Gasteiger partial charge in [-0.05, 0) is 23.6 Å². The van der Waals surface area contributed by atoms with Gasteiger partial charge in [-0.2, -0.15) is 0 Å². The average Bonchev–Trinajstić information content (AvgIpc) is 2.14. The molecule has 0 amide bonds. The van der Waals surface area contributed by atoms with Crippen LogP contribution >= 0.6 is 11.6 Å². The molecule has 0 fully saturated rings. The Morgan fingerprint density at radius 3 is 2.71 bits per heavy atom. The third-order valence-corrected chi connectivity index (χ3v) is 2.41. The molecule has 0 heterocycles. The first kappa shape index (κ1) is 11.3. The highest BCUT2D eigenvalue weighted by molar-refractivity contribution is 6.30. The van der Waals surface area contributed by atoms with Crippen molar-refractivity contribution in [3.8, 4) is 0 Å². The first-order chi connectivity index (χ1) is 6.63. The molecule has 0 unspecified atom stereocenters. The Balaban J connectivity index is 2.94. The summed E-state index contributed by atoms with van der Waals surface area (Å²) in [6.07, 6.45) is 2.11. The van der Waals surface area contributed by atoms with Gasteiger partial charge in [-0.3, -0.25) is 0 Å². The Hall–Kier alpha value is -0.790. The van der Waals surface area contributed by atoms with Crippen LogP contribution in [0.3, 0.4) is 0 Å². The largest absolute Gasteiger partial charge is 0.327 e. The van der Waals surface area contributed by atoms with Crippen LogP contribution in [0.5, 0.6) is 0 Å². The Bertz CT molecular complexity index is 329. The summed E-state index contributed by atoms with van der Waals surface area (Å²) in [7, 11) is 0. The third-order valence-electron chi connectivity index (χ3n) is 2.18. The molecule has 0 radical (unpaired) electrons. The normalized spacial score (nSPS) is 12.2. The lowest BCUT2D eigenvalue weighted by atomic mass is 10.0. The number of nitrogens with two attached hydrogens (primary N) is 1. The van der Waals surface area contributed by atoms with Gasteiger partial charge in [-0.1, -0.05) is 49.2 Å². The maximum atomic E-state index is 5.89. The van der Waals surface area contributed by atoms with Gasteiger partial charge in [-0.25, -0.2) is 0 Å². The van der Waals surface area contributed by atoms with E-state index in [1.807, 2.05) is 24.3 Å². The summed E-state index contributed by atoms with van der Waals surface area (Å²) in [5, 5.41) is 0.763. The van der Waals surface area contributed by atoms with Crippen LogP contribution in [0, 0.1) is 5.92 Å². The molecule has 0 saturated carbocycles. The van der Waals surface area contributed by atoms with Crippen molar-refractivity contribution in [3.63, 3.8) is 0 Å². The van der Waals surface area contributed by atoms with Crippen LogP contribution in [0.4, 0.5) is 0 Å². The molecule has 0 aliphatic rings. The molecule has 1 rings (SSSR count). The molecule has 0 bridgehead atoms. The Labute approximate surface area is 90.6 Å². The fourth-order valence-corrected chi connectivity index (χ4v) is 1.47. The highest BCUT2D eigenvalue weighted by Crippen LogP contribution is 2.16. The number of halogens is 1. The third kappa shape index (κ3) is 3.17. The Morgan fingerprint density at radius 1 is 1.50 bits per heavy atom. The van der Waals surface area contributed by atoms with Crippen LogP contribution in [0.25, 0.3) is 6.08 Å². The second kappa shape index (κ2) is 5.18. The Morgan fingerprint density at radius 2 is 2.21 bits per heavy atom. The molecule has 1 nitrogen and oxygen atoms in total. The van der Waals surface area contributed by atoms with Crippen LogP contribution in [-0.4, -0.2) is 6.54 Å². The summed E-state index contributed by atoms with van der Waals surface area (Å²) < 4.78 is 0. The highest BCUT2D eigenvalue weighted by atomic mass is 35.5. The summed E-state index contributed by atoms with van der Waals surface area (Å²) in [6, 6.07) is 7.79. The molecule has 1 aromatic rings. The van der Waals surface area contributed by atoms with E-state index < -0.39 is 0 Å².